The van der Waals surface area contributed by atoms with Gasteiger partial charge < -0.3 is 4.55 Å². The molecule has 0 aliphatic heterocycles. The predicted molar refractivity (Wildman–Crippen MR) is 57.0 cm³/mol. The van der Waals surface area contributed by atoms with Crippen LogP contribution in [-0.2, 0) is 27.9 Å². The van der Waals surface area contributed by atoms with E-state index >= 15 is 0 Å². The lowest BCUT2D eigenvalue weighted by molar-refractivity contribution is 0.481. The first-order valence-corrected chi connectivity index (χ1v) is 6.78. The van der Waals surface area contributed by atoms with E-state index in [0.29, 0.717) is 0 Å². The van der Waals surface area contributed by atoms with Crippen molar-refractivity contribution < 1.29 is 21.7 Å². The third-order valence-corrected chi connectivity index (χ3v) is 3.24. The molecule has 0 aromatic heterocycles. The highest BCUT2D eigenvalue weighted by Gasteiger charge is 2.15. The molecule has 1 rings (SSSR count). The molecule has 1 unspecified atom stereocenters. The van der Waals surface area contributed by atoms with Crippen LogP contribution in [0.1, 0.15) is 5.56 Å². The van der Waals surface area contributed by atoms with E-state index in [0.717, 1.165) is 6.07 Å². The molecule has 0 spiro atoms. The fraction of sp³-hybridized carbons (Fsp3) is 0.143. The fourth-order valence-electron chi connectivity index (χ4n) is 1.05. The van der Waals surface area contributed by atoms with Gasteiger partial charge in [-0.25, -0.2) is 4.72 Å². The van der Waals surface area contributed by atoms with Crippen LogP contribution >= 0.6 is 11.6 Å². The molecule has 0 saturated carbocycles. The van der Waals surface area contributed by atoms with Crippen molar-refractivity contribution in [2.45, 2.75) is 11.4 Å². The van der Waals surface area contributed by atoms with Crippen molar-refractivity contribution in [3.05, 3.63) is 28.8 Å². The van der Waals surface area contributed by atoms with E-state index in [9.17, 15) is 17.2 Å². The Morgan fingerprint density at radius 1 is 1.50 bits per heavy atom. The maximum Gasteiger partial charge on any atom is 0.294 e. The van der Waals surface area contributed by atoms with Gasteiger partial charge in [-0.2, -0.15) is 8.42 Å². The Balaban J connectivity index is 3.13. The van der Waals surface area contributed by atoms with Crippen molar-refractivity contribution in [1.82, 2.24) is 4.72 Å². The topological polar surface area (TPSA) is 107 Å². The first kappa shape index (κ1) is 13.6. The average Bonchev–Trinajstić information content (AvgIpc) is 2.14. The molecule has 2 N–H and O–H groups in total. The lowest BCUT2D eigenvalue weighted by Gasteiger charge is -2.10. The summed E-state index contributed by atoms with van der Waals surface area (Å²) in [5.41, 5.74) is 0.108. The van der Waals surface area contributed by atoms with Crippen molar-refractivity contribution in [3.8, 4) is 0 Å². The molecule has 1 atom stereocenters. The van der Waals surface area contributed by atoms with Crippen LogP contribution in [0.4, 0.5) is 0 Å². The van der Waals surface area contributed by atoms with Crippen molar-refractivity contribution in [1.29, 1.82) is 0 Å². The van der Waals surface area contributed by atoms with Crippen LogP contribution < -0.4 is 4.72 Å². The molecule has 0 fully saturated rings. The molecular weight excluding hydrogens is 278 g/mol. The molecule has 0 aliphatic rings. The van der Waals surface area contributed by atoms with E-state index in [2.05, 4.69) is 0 Å². The van der Waals surface area contributed by atoms with Crippen LogP contribution in [0.3, 0.4) is 0 Å². The summed E-state index contributed by atoms with van der Waals surface area (Å²) in [6.07, 6.45) is 0. The Morgan fingerprint density at radius 3 is 2.62 bits per heavy atom. The monoisotopic (exact) mass is 284 g/mol. The second-order valence-electron chi connectivity index (χ2n) is 2.78. The van der Waals surface area contributed by atoms with E-state index in [1.807, 2.05) is 4.72 Å². The van der Waals surface area contributed by atoms with E-state index in [1.54, 1.807) is 0 Å². The van der Waals surface area contributed by atoms with E-state index in [1.165, 1.54) is 12.1 Å². The molecule has 0 bridgehead atoms. The summed E-state index contributed by atoms with van der Waals surface area (Å²) < 4.78 is 53.3. The lowest BCUT2D eigenvalue weighted by atomic mass is 10.2. The van der Waals surface area contributed by atoms with Gasteiger partial charge in [0.2, 0.25) is 0 Å². The minimum Gasteiger partial charge on any atom is -0.760 e. The smallest absolute Gasteiger partial charge is 0.294 e. The van der Waals surface area contributed by atoms with Crippen molar-refractivity contribution in [2.75, 3.05) is 0 Å². The van der Waals surface area contributed by atoms with Crippen LogP contribution in [0.15, 0.2) is 23.1 Å². The molecule has 0 aliphatic carbocycles. The minimum absolute atomic E-state index is 0.108. The predicted octanol–water partition coefficient (Wildman–Crippen LogP) is 0.470. The molecular formula is C7H7ClNO5S2-. The Morgan fingerprint density at radius 2 is 2.12 bits per heavy atom. The molecule has 0 radical (unpaired) electrons. The molecule has 90 valence electrons. The van der Waals surface area contributed by atoms with Gasteiger partial charge in [-0.3, -0.25) is 8.76 Å². The summed E-state index contributed by atoms with van der Waals surface area (Å²) in [6.45, 7) is -0.248. The second kappa shape index (κ2) is 5.21. The summed E-state index contributed by atoms with van der Waals surface area (Å²) in [4.78, 5) is -0.419. The molecule has 6 nitrogen and oxygen atoms in total. The first-order chi connectivity index (χ1) is 7.30. The molecule has 9 heteroatoms. The van der Waals surface area contributed by atoms with Gasteiger partial charge in [0.15, 0.2) is 0 Å². The molecule has 0 saturated heterocycles. The van der Waals surface area contributed by atoms with Crippen molar-refractivity contribution in [3.63, 3.8) is 0 Å². The molecule has 0 heterocycles. The zero-order chi connectivity index (χ0) is 12.3. The van der Waals surface area contributed by atoms with Crippen LogP contribution in [0, 0.1) is 0 Å². The zero-order valence-corrected chi connectivity index (χ0v) is 10.1. The quantitative estimate of drug-likeness (QED) is 0.617. The number of hydrogen-bond acceptors (Lipinski definition) is 4. The van der Waals surface area contributed by atoms with E-state index < -0.39 is 26.3 Å². The van der Waals surface area contributed by atoms with E-state index in [4.69, 9.17) is 16.2 Å². The highest BCUT2D eigenvalue weighted by Crippen LogP contribution is 2.20. The normalized spacial score (nSPS) is 13.7. The van der Waals surface area contributed by atoms with Gasteiger partial charge in [-0.15, -0.1) is 0 Å². The van der Waals surface area contributed by atoms with Gasteiger partial charge >= 0.3 is 0 Å². The number of hydrogen-bond donors (Lipinski definition) is 2. The zero-order valence-electron chi connectivity index (χ0n) is 7.71. The van der Waals surface area contributed by atoms with Gasteiger partial charge in [0.05, 0.1) is 4.90 Å². The number of benzene rings is 1. The van der Waals surface area contributed by atoms with Crippen LogP contribution in [0.5, 0.6) is 0 Å². The Labute approximate surface area is 99.8 Å². The lowest BCUT2D eigenvalue weighted by Crippen LogP contribution is -2.17. The van der Waals surface area contributed by atoms with E-state index in [-0.39, 0.29) is 17.1 Å². The molecule has 16 heavy (non-hydrogen) atoms. The summed E-state index contributed by atoms with van der Waals surface area (Å²) in [7, 11) is -4.43. The highest BCUT2D eigenvalue weighted by molar-refractivity contribution is 7.85. The number of halogens is 1. The average molecular weight is 285 g/mol. The maximum atomic E-state index is 11.0. The molecule has 1 aromatic carbocycles. The minimum atomic E-state index is -4.43. The summed E-state index contributed by atoms with van der Waals surface area (Å²) >= 11 is 3.05. The van der Waals surface area contributed by atoms with Crippen LogP contribution in [-0.4, -0.2) is 21.7 Å². The standard InChI is InChI=1S/C7H8ClNO5S2/c8-6-2-1-5(4-9-15(10)11)7(3-6)16(12,13)14/h1-3,9H,4H2,(H,10,11)(H,12,13,14)/p-1. The first-order valence-electron chi connectivity index (χ1n) is 3.89. The van der Waals surface area contributed by atoms with Gasteiger partial charge in [0.25, 0.3) is 10.1 Å². The third-order valence-electron chi connectivity index (χ3n) is 1.69. The Kier molecular flexibility index (Phi) is 4.42. The van der Waals surface area contributed by atoms with Crippen molar-refractivity contribution in [2.24, 2.45) is 0 Å². The summed E-state index contributed by atoms with van der Waals surface area (Å²) in [5, 5.41) is 0.125. The van der Waals surface area contributed by atoms with Gasteiger partial charge in [-0.1, -0.05) is 17.7 Å². The summed E-state index contributed by atoms with van der Waals surface area (Å²) in [6, 6.07) is 3.74. The summed E-state index contributed by atoms with van der Waals surface area (Å²) in [5.74, 6) is 0. The third kappa shape index (κ3) is 3.81. The van der Waals surface area contributed by atoms with Gasteiger partial charge in [-0.05, 0) is 17.7 Å². The van der Waals surface area contributed by atoms with Gasteiger partial charge in [0.1, 0.15) is 0 Å². The van der Waals surface area contributed by atoms with Crippen LogP contribution in [0.25, 0.3) is 0 Å². The Bertz CT molecular complexity index is 516. The fourth-order valence-corrected chi connectivity index (χ4v) is 2.31. The van der Waals surface area contributed by atoms with Gasteiger partial charge in [0, 0.05) is 22.8 Å². The number of rotatable bonds is 4. The number of nitrogens with one attached hydrogen (secondary N) is 1. The SMILES string of the molecule is O=S([O-])NCc1ccc(Cl)cc1S(=O)(=O)O. The largest absolute Gasteiger partial charge is 0.760 e. The second-order valence-corrected chi connectivity index (χ2v) is 5.37. The van der Waals surface area contributed by atoms with Crippen LogP contribution in [0.2, 0.25) is 5.02 Å². The highest BCUT2D eigenvalue weighted by atomic mass is 35.5. The van der Waals surface area contributed by atoms with Crippen molar-refractivity contribution >= 4 is 33.0 Å². The Hall–Kier alpha value is -0.510. The molecule has 0 amide bonds. The molecule has 1 aromatic rings. The maximum absolute atomic E-state index is 11.0.